The molecule has 0 aliphatic carbocycles. The number of aromatic nitrogens is 1. The Kier molecular flexibility index (Phi) is 9.73. The Bertz CT molecular complexity index is 2160. The standard InChI is InChI=1S/C38H35N3O6S/c1-5-46-32-20-25(16-18-31(32)47-23-27-22-29(44-3)17-19-30(27)45-4)21-33-37(43)41-35(26-12-8-6-9-13-26)34(24(2)39-38(41)48-33)36(42)40-28-14-10-7-11-15-28/h6-22,35H,5,23H2,1-4H3,(H,40,42)/b33-21-/t35-/m1/s1. The topological polar surface area (TPSA) is 100 Å². The van der Waals surface area contributed by atoms with Gasteiger partial charge in [0.15, 0.2) is 16.3 Å². The lowest BCUT2D eigenvalue weighted by molar-refractivity contribution is -0.113. The van der Waals surface area contributed by atoms with Crippen LogP contribution in [0.4, 0.5) is 5.69 Å². The van der Waals surface area contributed by atoms with Crippen molar-refractivity contribution in [2.45, 2.75) is 26.5 Å². The molecule has 1 N–H and O–H groups in total. The number of carbonyl (C=O) groups excluding carboxylic acids is 1. The summed E-state index contributed by atoms with van der Waals surface area (Å²) in [6.45, 7) is 4.37. The van der Waals surface area contributed by atoms with Crippen molar-refractivity contribution in [1.29, 1.82) is 0 Å². The minimum atomic E-state index is -0.656. The summed E-state index contributed by atoms with van der Waals surface area (Å²) in [4.78, 5) is 33.1. The Balaban J connectivity index is 1.36. The van der Waals surface area contributed by atoms with E-state index in [1.54, 1.807) is 25.7 Å². The number of fused-ring (bicyclic) bond motifs is 1. The summed E-state index contributed by atoms with van der Waals surface area (Å²) in [5.74, 6) is 2.16. The quantitative estimate of drug-likeness (QED) is 0.190. The molecule has 4 aromatic carbocycles. The molecule has 0 fully saturated rings. The van der Waals surface area contributed by atoms with E-state index in [1.165, 1.54) is 11.3 Å². The van der Waals surface area contributed by atoms with Gasteiger partial charge in [-0.25, -0.2) is 4.99 Å². The molecule has 0 spiro atoms. The number of nitrogens with zero attached hydrogens (tertiary/aromatic N) is 2. The summed E-state index contributed by atoms with van der Waals surface area (Å²) < 4.78 is 25.1. The van der Waals surface area contributed by atoms with Gasteiger partial charge < -0.3 is 24.3 Å². The third kappa shape index (κ3) is 6.74. The molecule has 5 aromatic rings. The molecular formula is C38H35N3O6S. The largest absolute Gasteiger partial charge is 0.497 e. The fourth-order valence-corrected chi connectivity index (χ4v) is 6.63. The lowest BCUT2D eigenvalue weighted by atomic mass is 9.95. The van der Waals surface area contributed by atoms with Crippen LogP contribution in [0.3, 0.4) is 0 Å². The Hall–Kier alpha value is -5.61. The number of anilines is 1. The van der Waals surface area contributed by atoms with Crippen LogP contribution in [0.15, 0.2) is 118 Å². The number of carbonyl (C=O) groups is 1. The molecule has 9 nitrogen and oxygen atoms in total. The number of amides is 1. The fraction of sp³-hybridized carbons (Fsp3) is 0.184. The predicted octanol–water partition coefficient (Wildman–Crippen LogP) is 5.87. The highest BCUT2D eigenvalue weighted by Crippen LogP contribution is 2.33. The van der Waals surface area contributed by atoms with Gasteiger partial charge in [0.25, 0.3) is 11.5 Å². The van der Waals surface area contributed by atoms with Gasteiger partial charge in [0.05, 0.1) is 42.7 Å². The maximum absolute atomic E-state index is 14.1. The van der Waals surface area contributed by atoms with Crippen LogP contribution in [0.2, 0.25) is 0 Å². The molecule has 0 saturated heterocycles. The Labute approximate surface area is 282 Å². The summed E-state index contributed by atoms with van der Waals surface area (Å²) >= 11 is 1.28. The minimum Gasteiger partial charge on any atom is -0.497 e. The molecule has 1 amide bonds. The highest BCUT2D eigenvalue weighted by atomic mass is 32.1. The van der Waals surface area contributed by atoms with Crippen molar-refractivity contribution in [2.24, 2.45) is 4.99 Å². The number of benzene rings is 4. The van der Waals surface area contributed by atoms with Crippen LogP contribution in [0.5, 0.6) is 23.0 Å². The normalized spacial score (nSPS) is 14.2. The SMILES string of the molecule is CCOc1cc(/C=c2\sc3n(c2=O)[C@H](c2ccccc2)C(C(=O)Nc2ccccc2)=C(C)N=3)ccc1OCc1cc(OC)ccc1OC. The second-order valence-corrected chi connectivity index (χ2v) is 11.9. The number of ether oxygens (including phenoxy) is 4. The Morgan fingerprint density at radius 3 is 2.33 bits per heavy atom. The summed E-state index contributed by atoms with van der Waals surface area (Å²) in [7, 11) is 3.22. The maximum atomic E-state index is 14.1. The Morgan fingerprint density at radius 2 is 1.62 bits per heavy atom. The first-order chi connectivity index (χ1) is 23.4. The van der Waals surface area contributed by atoms with Gasteiger partial charge in [-0.05, 0) is 73.5 Å². The number of allylic oxidation sites excluding steroid dienone is 1. The average Bonchev–Trinajstić information content (AvgIpc) is 3.41. The summed E-state index contributed by atoms with van der Waals surface area (Å²) in [6, 6.07) is 29.2. The van der Waals surface area contributed by atoms with Crippen LogP contribution in [0, 0.1) is 0 Å². The molecule has 6 rings (SSSR count). The molecule has 48 heavy (non-hydrogen) atoms. The van der Waals surface area contributed by atoms with E-state index in [9.17, 15) is 9.59 Å². The van der Waals surface area contributed by atoms with Gasteiger partial charge in [0.1, 0.15) is 18.1 Å². The van der Waals surface area contributed by atoms with Crippen LogP contribution in [-0.4, -0.2) is 31.3 Å². The zero-order valence-electron chi connectivity index (χ0n) is 27.1. The monoisotopic (exact) mass is 661 g/mol. The van der Waals surface area contributed by atoms with Crippen LogP contribution in [0.25, 0.3) is 6.08 Å². The van der Waals surface area contributed by atoms with E-state index in [-0.39, 0.29) is 18.1 Å². The highest BCUT2D eigenvalue weighted by Gasteiger charge is 2.32. The average molecular weight is 662 g/mol. The van der Waals surface area contributed by atoms with Gasteiger partial charge in [-0.2, -0.15) is 0 Å². The second-order valence-electron chi connectivity index (χ2n) is 10.9. The summed E-state index contributed by atoms with van der Waals surface area (Å²) in [5.41, 5.74) is 3.77. The van der Waals surface area contributed by atoms with Gasteiger partial charge in [-0.15, -0.1) is 0 Å². The highest BCUT2D eigenvalue weighted by molar-refractivity contribution is 7.07. The number of methoxy groups -OCH3 is 2. The van der Waals surface area contributed by atoms with E-state index < -0.39 is 6.04 Å². The summed E-state index contributed by atoms with van der Waals surface area (Å²) in [5, 5.41) is 2.98. The number of rotatable bonds is 11. The van der Waals surface area contributed by atoms with E-state index in [0.717, 1.165) is 16.7 Å². The predicted molar refractivity (Wildman–Crippen MR) is 187 cm³/mol. The maximum Gasteiger partial charge on any atom is 0.271 e. The van der Waals surface area contributed by atoms with Crippen molar-refractivity contribution in [2.75, 3.05) is 26.1 Å². The smallest absolute Gasteiger partial charge is 0.271 e. The third-order valence-electron chi connectivity index (χ3n) is 7.85. The van der Waals surface area contributed by atoms with Crippen LogP contribution in [0.1, 0.15) is 36.6 Å². The lowest BCUT2D eigenvalue weighted by Crippen LogP contribution is -2.40. The molecule has 0 bridgehead atoms. The van der Waals surface area contributed by atoms with Crippen molar-refractivity contribution in [1.82, 2.24) is 4.57 Å². The third-order valence-corrected chi connectivity index (χ3v) is 8.83. The molecule has 1 aromatic heterocycles. The van der Waals surface area contributed by atoms with Crippen molar-refractivity contribution in [3.05, 3.63) is 145 Å². The summed E-state index contributed by atoms with van der Waals surface area (Å²) in [6.07, 6.45) is 1.81. The van der Waals surface area contributed by atoms with E-state index in [0.29, 0.717) is 55.9 Å². The van der Waals surface area contributed by atoms with Crippen LogP contribution < -0.4 is 39.2 Å². The second kappa shape index (κ2) is 14.4. The number of nitrogens with one attached hydrogen (secondary N) is 1. The van der Waals surface area contributed by atoms with E-state index in [2.05, 4.69) is 5.32 Å². The Morgan fingerprint density at radius 1 is 0.896 bits per heavy atom. The van der Waals surface area contributed by atoms with Crippen molar-refractivity contribution in [3.63, 3.8) is 0 Å². The van der Waals surface area contributed by atoms with Gasteiger partial charge >= 0.3 is 0 Å². The molecule has 2 heterocycles. The number of hydrogen-bond donors (Lipinski definition) is 1. The first-order valence-electron chi connectivity index (χ1n) is 15.4. The molecule has 0 saturated carbocycles. The number of para-hydroxylation sites is 1. The zero-order valence-corrected chi connectivity index (χ0v) is 27.9. The zero-order chi connectivity index (χ0) is 33.6. The molecule has 1 aliphatic heterocycles. The fourth-order valence-electron chi connectivity index (χ4n) is 5.59. The molecule has 1 atom stereocenters. The first-order valence-corrected chi connectivity index (χ1v) is 16.3. The van der Waals surface area contributed by atoms with Crippen molar-refractivity contribution >= 4 is 29.0 Å². The van der Waals surface area contributed by atoms with Gasteiger partial charge in [-0.1, -0.05) is 65.9 Å². The molecule has 1 aliphatic rings. The van der Waals surface area contributed by atoms with E-state index >= 15 is 0 Å². The van der Waals surface area contributed by atoms with Crippen molar-refractivity contribution in [3.8, 4) is 23.0 Å². The van der Waals surface area contributed by atoms with Crippen LogP contribution >= 0.6 is 11.3 Å². The molecule has 244 valence electrons. The van der Waals surface area contributed by atoms with E-state index in [1.807, 2.05) is 110 Å². The van der Waals surface area contributed by atoms with Gasteiger partial charge in [0, 0.05) is 11.3 Å². The molecule has 10 heteroatoms. The molecule has 0 unspecified atom stereocenters. The first kappa shape index (κ1) is 32.3. The number of thiazole rings is 1. The molecule has 0 radical (unpaired) electrons. The van der Waals surface area contributed by atoms with Crippen molar-refractivity contribution < 1.29 is 23.7 Å². The lowest BCUT2D eigenvalue weighted by Gasteiger charge is -2.25. The van der Waals surface area contributed by atoms with Gasteiger partial charge in [-0.3, -0.25) is 14.2 Å². The number of hydrogen-bond acceptors (Lipinski definition) is 8. The molecular weight excluding hydrogens is 627 g/mol. The van der Waals surface area contributed by atoms with Gasteiger partial charge in [0.2, 0.25) is 0 Å². The minimum absolute atomic E-state index is 0.234. The van der Waals surface area contributed by atoms with Crippen LogP contribution in [-0.2, 0) is 11.4 Å². The van der Waals surface area contributed by atoms with E-state index in [4.69, 9.17) is 23.9 Å².